The van der Waals surface area contributed by atoms with Gasteiger partial charge in [-0.3, -0.25) is 19.9 Å². The minimum absolute atomic E-state index is 0.197. The fourth-order valence-corrected chi connectivity index (χ4v) is 4.43. The van der Waals surface area contributed by atoms with Gasteiger partial charge in [-0.05, 0) is 34.9 Å². The van der Waals surface area contributed by atoms with Crippen molar-refractivity contribution in [2.24, 2.45) is 0 Å². The van der Waals surface area contributed by atoms with Crippen molar-refractivity contribution in [3.63, 3.8) is 0 Å². The molecule has 1 aliphatic heterocycles. The predicted molar refractivity (Wildman–Crippen MR) is 130 cm³/mol. The van der Waals surface area contributed by atoms with Crippen LogP contribution in [0.25, 0.3) is 0 Å². The quantitative estimate of drug-likeness (QED) is 0.379. The van der Waals surface area contributed by atoms with E-state index in [-0.39, 0.29) is 5.15 Å². The van der Waals surface area contributed by atoms with E-state index in [0.29, 0.717) is 40.5 Å². The third-order valence-corrected chi connectivity index (χ3v) is 6.11. The van der Waals surface area contributed by atoms with E-state index in [0.717, 1.165) is 11.1 Å². The molecule has 1 N–H and O–H groups in total. The first-order chi connectivity index (χ1) is 17.1. The number of carbonyl (C=O) groups excluding carboxylic acids is 2. The Morgan fingerprint density at radius 3 is 2.49 bits per heavy atom. The number of hydrogen-bond donors (Lipinski definition) is 1. The molecule has 35 heavy (non-hydrogen) atoms. The summed E-state index contributed by atoms with van der Waals surface area (Å²) in [4.78, 5) is 33.7. The Morgan fingerprint density at radius 1 is 0.914 bits per heavy atom. The second-order valence-corrected chi connectivity index (χ2v) is 8.26. The SMILES string of the molecule is COc1ccc(C(c2cccc3c2C(=O)NC3=O)c2nccnc2Cl)cc1OCc1ccccc1. The fourth-order valence-electron chi connectivity index (χ4n) is 4.22. The van der Waals surface area contributed by atoms with Gasteiger partial charge in [-0.1, -0.05) is 60.1 Å². The normalized spacial score (nSPS) is 13.2. The first kappa shape index (κ1) is 22.6. The van der Waals surface area contributed by atoms with Crippen LogP contribution in [0.15, 0.2) is 79.1 Å². The second kappa shape index (κ2) is 9.56. The number of methoxy groups -OCH3 is 1. The van der Waals surface area contributed by atoms with Crippen molar-refractivity contribution in [2.45, 2.75) is 12.5 Å². The highest BCUT2D eigenvalue weighted by atomic mass is 35.5. The Bertz CT molecular complexity index is 1430. The summed E-state index contributed by atoms with van der Waals surface area (Å²) in [6.07, 6.45) is 3.04. The van der Waals surface area contributed by atoms with E-state index in [2.05, 4.69) is 15.3 Å². The largest absolute Gasteiger partial charge is 0.493 e. The van der Waals surface area contributed by atoms with Gasteiger partial charge in [0.1, 0.15) is 6.61 Å². The molecule has 2 amide bonds. The van der Waals surface area contributed by atoms with Crippen molar-refractivity contribution >= 4 is 23.4 Å². The van der Waals surface area contributed by atoms with Crippen molar-refractivity contribution in [3.8, 4) is 11.5 Å². The Labute approximate surface area is 206 Å². The molecule has 5 rings (SSSR count). The topological polar surface area (TPSA) is 90.4 Å². The number of nitrogens with one attached hydrogen (secondary N) is 1. The molecule has 2 heterocycles. The number of aromatic nitrogens is 2. The van der Waals surface area contributed by atoms with Crippen LogP contribution < -0.4 is 14.8 Å². The molecule has 4 aromatic rings. The highest BCUT2D eigenvalue weighted by Gasteiger charge is 2.34. The lowest BCUT2D eigenvalue weighted by atomic mass is 9.84. The molecular weight excluding hydrogens is 466 g/mol. The summed E-state index contributed by atoms with van der Waals surface area (Å²) in [7, 11) is 1.57. The number of benzene rings is 3. The maximum Gasteiger partial charge on any atom is 0.259 e. The van der Waals surface area contributed by atoms with Crippen molar-refractivity contribution in [1.82, 2.24) is 15.3 Å². The van der Waals surface area contributed by atoms with E-state index < -0.39 is 17.7 Å². The smallest absolute Gasteiger partial charge is 0.259 e. The molecule has 0 spiro atoms. The van der Waals surface area contributed by atoms with Gasteiger partial charge in [-0.25, -0.2) is 4.98 Å². The number of halogens is 1. The van der Waals surface area contributed by atoms with Gasteiger partial charge in [-0.2, -0.15) is 0 Å². The zero-order chi connectivity index (χ0) is 24.4. The lowest BCUT2D eigenvalue weighted by Crippen LogP contribution is -2.21. The molecule has 0 radical (unpaired) electrons. The molecule has 174 valence electrons. The summed E-state index contributed by atoms with van der Waals surface area (Å²) < 4.78 is 11.6. The van der Waals surface area contributed by atoms with Crippen molar-refractivity contribution < 1.29 is 19.1 Å². The highest BCUT2D eigenvalue weighted by molar-refractivity contribution is 6.30. The van der Waals surface area contributed by atoms with Gasteiger partial charge in [-0.15, -0.1) is 0 Å². The van der Waals surface area contributed by atoms with E-state index in [1.165, 1.54) is 6.20 Å². The number of ether oxygens (including phenoxy) is 2. The van der Waals surface area contributed by atoms with Gasteiger partial charge in [0.05, 0.1) is 29.8 Å². The average Bonchev–Trinajstić information content (AvgIpc) is 3.18. The van der Waals surface area contributed by atoms with Gasteiger partial charge < -0.3 is 9.47 Å². The summed E-state index contributed by atoms with van der Waals surface area (Å²) >= 11 is 6.48. The van der Waals surface area contributed by atoms with Gasteiger partial charge in [0, 0.05) is 12.4 Å². The summed E-state index contributed by atoms with van der Waals surface area (Å²) in [6.45, 7) is 0.342. The van der Waals surface area contributed by atoms with Crippen molar-refractivity contribution in [1.29, 1.82) is 0 Å². The van der Waals surface area contributed by atoms with Crippen LogP contribution in [0.5, 0.6) is 11.5 Å². The Balaban J connectivity index is 1.64. The lowest BCUT2D eigenvalue weighted by molar-refractivity contribution is 0.0879. The molecule has 1 atom stereocenters. The van der Waals surface area contributed by atoms with E-state index in [1.807, 2.05) is 42.5 Å². The minimum Gasteiger partial charge on any atom is -0.493 e. The molecule has 0 aliphatic carbocycles. The predicted octanol–water partition coefficient (Wildman–Crippen LogP) is 4.78. The first-order valence-electron chi connectivity index (χ1n) is 10.9. The van der Waals surface area contributed by atoms with E-state index in [1.54, 1.807) is 37.6 Å². The molecule has 7 nitrogen and oxygen atoms in total. The molecule has 0 saturated carbocycles. The van der Waals surface area contributed by atoms with Gasteiger partial charge in [0.2, 0.25) is 0 Å². The lowest BCUT2D eigenvalue weighted by Gasteiger charge is -2.22. The third-order valence-electron chi connectivity index (χ3n) is 5.82. The van der Waals surface area contributed by atoms with Gasteiger partial charge >= 0.3 is 0 Å². The summed E-state index contributed by atoms with van der Waals surface area (Å²) in [5.74, 6) is -0.406. The average molecular weight is 486 g/mol. The zero-order valence-electron chi connectivity index (χ0n) is 18.7. The maximum atomic E-state index is 12.7. The Hall–Kier alpha value is -4.23. The number of hydrogen-bond acceptors (Lipinski definition) is 6. The molecule has 0 fully saturated rings. The summed E-state index contributed by atoms with van der Waals surface area (Å²) in [6, 6.07) is 20.4. The number of imide groups is 1. The van der Waals surface area contributed by atoms with Crippen LogP contribution in [-0.2, 0) is 6.61 Å². The molecular formula is C27H20ClN3O4. The van der Waals surface area contributed by atoms with Crippen LogP contribution in [0.3, 0.4) is 0 Å². The second-order valence-electron chi connectivity index (χ2n) is 7.90. The van der Waals surface area contributed by atoms with Crippen molar-refractivity contribution in [2.75, 3.05) is 7.11 Å². The number of nitrogens with zero attached hydrogens (tertiary/aromatic N) is 2. The van der Waals surface area contributed by atoms with E-state index in [4.69, 9.17) is 21.1 Å². The van der Waals surface area contributed by atoms with Crippen LogP contribution in [-0.4, -0.2) is 28.9 Å². The van der Waals surface area contributed by atoms with Crippen LogP contribution in [0, 0.1) is 0 Å². The zero-order valence-corrected chi connectivity index (χ0v) is 19.5. The standard InChI is InChI=1S/C27H20ClN3O4/c1-34-20-11-10-17(14-21(20)35-15-16-6-3-2-4-7-16)22(24-25(28)30-13-12-29-24)18-8-5-9-19-23(18)27(33)31-26(19)32/h2-14,22H,15H2,1H3,(H,31,32,33). The van der Waals surface area contributed by atoms with Gasteiger partial charge in [0.15, 0.2) is 16.7 Å². The van der Waals surface area contributed by atoms with Crippen LogP contribution >= 0.6 is 11.6 Å². The Kier molecular flexibility index (Phi) is 6.16. The highest BCUT2D eigenvalue weighted by Crippen LogP contribution is 2.40. The molecule has 8 heteroatoms. The van der Waals surface area contributed by atoms with Crippen LogP contribution in [0.4, 0.5) is 0 Å². The molecule has 1 unspecified atom stereocenters. The molecule has 0 bridgehead atoms. The maximum absolute atomic E-state index is 12.7. The summed E-state index contributed by atoms with van der Waals surface area (Å²) in [5, 5.41) is 2.57. The van der Waals surface area contributed by atoms with Gasteiger partial charge in [0.25, 0.3) is 11.8 Å². The minimum atomic E-state index is -0.590. The monoisotopic (exact) mass is 485 g/mol. The fraction of sp³-hybridized carbons (Fsp3) is 0.111. The molecule has 1 aliphatic rings. The molecule has 3 aromatic carbocycles. The van der Waals surface area contributed by atoms with E-state index >= 15 is 0 Å². The number of fused-ring (bicyclic) bond motifs is 1. The number of rotatable bonds is 7. The van der Waals surface area contributed by atoms with Crippen molar-refractivity contribution in [3.05, 3.63) is 118 Å². The molecule has 1 aromatic heterocycles. The number of amides is 2. The molecule has 0 saturated heterocycles. The Morgan fingerprint density at radius 2 is 1.71 bits per heavy atom. The number of carbonyl (C=O) groups is 2. The first-order valence-corrected chi connectivity index (χ1v) is 11.2. The third kappa shape index (κ3) is 4.34. The van der Waals surface area contributed by atoms with Crippen LogP contribution in [0.2, 0.25) is 5.15 Å². The summed E-state index contributed by atoms with van der Waals surface area (Å²) in [5.41, 5.74) is 3.40. The van der Waals surface area contributed by atoms with E-state index in [9.17, 15) is 9.59 Å². The van der Waals surface area contributed by atoms with Crippen LogP contribution in [0.1, 0.15) is 49.0 Å².